The molecule has 5 nitrogen and oxygen atoms in total. The smallest absolute Gasteiger partial charge is 0.295 e. The summed E-state index contributed by atoms with van der Waals surface area (Å²) in [5.41, 5.74) is 0.304. The minimum Gasteiger partial charge on any atom is -0.446 e. The van der Waals surface area contributed by atoms with Crippen LogP contribution in [-0.2, 0) is 16.6 Å². The van der Waals surface area contributed by atoms with Crippen molar-refractivity contribution >= 4 is 38.3 Å². The molecule has 0 saturated heterocycles. The molecule has 2 aromatic rings. The van der Waals surface area contributed by atoms with E-state index in [0.29, 0.717) is 21.6 Å². The second kappa shape index (κ2) is 6.10. The van der Waals surface area contributed by atoms with Crippen molar-refractivity contribution in [1.29, 1.82) is 0 Å². The summed E-state index contributed by atoms with van der Waals surface area (Å²) >= 11 is 1.86. The van der Waals surface area contributed by atoms with E-state index in [1.807, 2.05) is 22.6 Å². The number of hydrogen-bond donors (Lipinski definition) is 2. The van der Waals surface area contributed by atoms with Crippen LogP contribution >= 0.6 is 22.6 Å². The molecule has 2 rings (SSSR count). The molecule has 0 saturated carbocycles. The van der Waals surface area contributed by atoms with Crippen molar-refractivity contribution in [2.75, 3.05) is 11.8 Å². The molecule has 2 N–H and O–H groups in total. The van der Waals surface area contributed by atoms with Crippen LogP contribution < -0.4 is 10.0 Å². The van der Waals surface area contributed by atoms with Gasteiger partial charge in [-0.05, 0) is 60.0 Å². The highest BCUT2D eigenvalue weighted by Crippen LogP contribution is 2.23. The zero-order valence-electron chi connectivity index (χ0n) is 10.5. The number of sulfonamides is 1. The minimum atomic E-state index is -3.82. The number of furan rings is 1. The molecule has 1 heterocycles. The van der Waals surface area contributed by atoms with Gasteiger partial charge in [-0.2, -0.15) is 8.42 Å². The molecule has 0 aliphatic heterocycles. The molecule has 8 heteroatoms. The van der Waals surface area contributed by atoms with Gasteiger partial charge in [0.25, 0.3) is 10.0 Å². The van der Waals surface area contributed by atoms with E-state index in [1.165, 1.54) is 24.3 Å². The highest BCUT2D eigenvalue weighted by atomic mass is 127. The molecule has 0 fully saturated rings. The Labute approximate surface area is 129 Å². The minimum absolute atomic E-state index is 0.178. The third kappa shape index (κ3) is 3.49. The fourth-order valence-corrected chi connectivity index (χ4v) is 3.37. The van der Waals surface area contributed by atoms with Gasteiger partial charge in [0.05, 0.1) is 12.2 Å². The Hall–Kier alpha value is -1.13. The Kier molecular flexibility index (Phi) is 4.66. The number of rotatable bonds is 5. The van der Waals surface area contributed by atoms with Crippen molar-refractivity contribution in [3.63, 3.8) is 0 Å². The van der Waals surface area contributed by atoms with Crippen molar-refractivity contribution in [2.24, 2.45) is 0 Å². The molecule has 0 amide bonds. The van der Waals surface area contributed by atoms with E-state index < -0.39 is 15.8 Å². The molecule has 108 valence electrons. The van der Waals surface area contributed by atoms with Crippen LogP contribution in [0.4, 0.5) is 10.1 Å². The molecule has 0 spiro atoms. The maximum absolute atomic E-state index is 13.0. The van der Waals surface area contributed by atoms with Gasteiger partial charge in [-0.1, -0.05) is 0 Å². The highest BCUT2D eigenvalue weighted by Gasteiger charge is 2.20. The van der Waals surface area contributed by atoms with Gasteiger partial charge in [-0.3, -0.25) is 4.72 Å². The van der Waals surface area contributed by atoms with Crippen molar-refractivity contribution in [3.8, 4) is 0 Å². The summed E-state index contributed by atoms with van der Waals surface area (Å²) in [6.07, 6.45) is 0. The number of halogens is 2. The van der Waals surface area contributed by atoms with Crippen LogP contribution in [0.3, 0.4) is 0 Å². The Morgan fingerprint density at radius 1 is 1.30 bits per heavy atom. The number of benzene rings is 1. The standard InChI is InChI=1S/C12H12FIN2O3S/c1-15-7-9-3-5-12(19-9)20(17,18)16-11-4-2-8(13)6-10(11)14/h2-6,15-16H,7H2,1H3. The molecule has 0 aliphatic rings. The van der Waals surface area contributed by atoms with Crippen LogP contribution in [0.25, 0.3) is 0 Å². The first-order valence-electron chi connectivity index (χ1n) is 5.63. The topological polar surface area (TPSA) is 71.3 Å². The predicted molar refractivity (Wildman–Crippen MR) is 81.4 cm³/mol. The molecule has 0 atom stereocenters. The predicted octanol–water partition coefficient (Wildman–Crippen LogP) is 2.54. The monoisotopic (exact) mass is 410 g/mol. The average molecular weight is 410 g/mol. The lowest BCUT2D eigenvalue weighted by molar-refractivity contribution is 0.408. The third-order valence-corrected chi connectivity index (χ3v) is 4.56. The maximum atomic E-state index is 13.0. The Morgan fingerprint density at radius 2 is 2.05 bits per heavy atom. The van der Waals surface area contributed by atoms with Crippen LogP contribution in [0.2, 0.25) is 0 Å². The lowest BCUT2D eigenvalue weighted by Crippen LogP contribution is -2.13. The lowest BCUT2D eigenvalue weighted by atomic mass is 10.3. The van der Waals surface area contributed by atoms with Gasteiger partial charge >= 0.3 is 0 Å². The van der Waals surface area contributed by atoms with E-state index in [1.54, 1.807) is 13.1 Å². The van der Waals surface area contributed by atoms with E-state index in [0.717, 1.165) is 0 Å². The molecule has 20 heavy (non-hydrogen) atoms. The Morgan fingerprint density at radius 3 is 2.70 bits per heavy atom. The first kappa shape index (κ1) is 15.3. The zero-order valence-corrected chi connectivity index (χ0v) is 13.5. The molecular formula is C12H12FIN2O3S. The van der Waals surface area contributed by atoms with Crippen molar-refractivity contribution < 1.29 is 17.2 Å². The van der Waals surface area contributed by atoms with Gasteiger partial charge < -0.3 is 9.73 Å². The summed E-state index contributed by atoms with van der Waals surface area (Å²) in [5, 5.41) is 2.68. The summed E-state index contributed by atoms with van der Waals surface area (Å²) in [7, 11) is -2.09. The van der Waals surface area contributed by atoms with Gasteiger partial charge in [0.15, 0.2) is 0 Å². The van der Waals surface area contributed by atoms with Crippen molar-refractivity contribution in [1.82, 2.24) is 5.32 Å². The Bertz CT molecular complexity index is 715. The molecule has 0 bridgehead atoms. The molecular weight excluding hydrogens is 398 g/mol. The molecule has 0 radical (unpaired) electrons. The van der Waals surface area contributed by atoms with Gasteiger partial charge in [0.1, 0.15) is 11.6 Å². The number of anilines is 1. The van der Waals surface area contributed by atoms with E-state index in [2.05, 4.69) is 10.0 Å². The highest BCUT2D eigenvalue weighted by molar-refractivity contribution is 14.1. The van der Waals surface area contributed by atoms with Crippen molar-refractivity contribution in [3.05, 3.63) is 45.5 Å². The van der Waals surface area contributed by atoms with Crippen LogP contribution in [0.15, 0.2) is 39.8 Å². The Balaban J connectivity index is 2.26. The summed E-state index contributed by atoms with van der Waals surface area (Å²) in [5.74, 6) is 0.0910. The maximum Gasteiger partial charge on any atom is 0.295 e. The van der Waals surface area contributed by atoms with Gasteiger partial charge in [-0.15, -0.1) is 0 Å². The zero-order chi connectivity index (χ0) is 14.8. The first-order chi connectivity index (χ1) is 9.42. The largest absolute Gasteiger partial charge is 0.446 e. The quantitative estimate of drug-likeness (QED) is 0.744. The second-order valence-corrected chi connectivity index (χ2v) is 6.76. The summed E-state index contributed by atoms with van der Waals surface area (Å²) in [4.78, 5) is 0. The first-order valence-corrected chi connectivity index (χ1v) is 8.20. The average Bonchev–Trinajstić information content (AvgIpc) is 2.83. The normalized spacial score (nSPS) is 11.6. The second-order valence-electron chi connectivity index (χ2n) is 3.98. The number of hydrogen-bond acceptors (Lipinski definition) is 4. The lowest BCUT2D eigenvalue weighted by Gasteiger charge is -2.07. The van der Waals surface area contributed by atoms with Crippen molar-refractivity contribution in [2.45, 2.75) is 11.6 Å². The summed E-state index contributed by atoms with van der Waals surface area (Å²) < 4.78 is 45.3. The SMILES string of the molecule is CNCc1ccc(S(=O)(=O)Nc2ccc(F)cc2I)o1. The van der Waals surface area contributed by atoms with Gasteiger partial charge in [0.2, 0.25) is 5.09 Å². The van der Waals surface area contributed by atoms with E-state index in [-0.39, 0.29) is 5.09 Å². The summed E-state index contributed by atoms with van der Waals surface area (Å²) in [6, 6.07) is 6.76. The fraction of sp³-hybridized carbons (Fsp3) is 0.167. The van der Waals surface area contributed by atoms with Gasteiger partial charge in [-0.25, -0.2) is 4.39 Å². The van der Waals surface area contributed by atoms with Crippen LogP contribution in [0.5, 0.6) is 0 Å². The fourth-order valence-electron chi connectivity index (χ4n) is 1.54. The summed E-state index contributed by atoms with van der Waals surface area (Å²) in [6.45, 7) is 0.434. The van der Waals surface area contributed by atoms with Crippen LogP contribution in [-0.4, -0.2) is 15.5 Å². The van der Waals surface area contributed by atoms with E-state index >= 15 is 0 Å². The number of nitrogens with one attached hydrogen (secondary N) is 2. The third-order valence-electron chi connectivity index (χ3n) is 2.43. The molecule has 1 aromatic heterocycles. The van der Waals surface area contributed by atoms with E-state index in [4.69, 9.17) is 4.42 Å². The van der Waals surface area contributed by atoms with Gasteiger partial charge in [0, 0.05) is 3.57 Å². The molecule has 0 aliphatic carbocycles. The van der Waals surface area contributed by atoms with E-state index in [9.17, 15) is 12.8 Å². The van der Waals surface area contributed by atoms with Crippen LogP contribution in [0, 0.1) is 9.39 Å². The van der Waals surface area contributed by atoms with Crippen LogP contribution in [0.1, 0.15) is 5.76 Å². The molecule has 0 unspecified atom stereocenters. The molecule has 1 aromatic carbocycles.